The number of anilines is 2. The maximum absolute atomic E-state index is 12.3. The Morgan fingerprint density at radius 2 is 1.83 bits per heavy atom. The number of H-pyrrole nitrogens is 1. The summed E-state index contributed by atoms with van der Waals surface area (Å²) in [5.41, 5.74) is 11.3. The number of aromatic nitrogens is 2. The molecular formula is C22H31N5O7S. The van der Waals surface area contributed by atoms with E-state index in [0.717, 1.165) is 11.3 Å². The summed E-state index contributed by atoms with van der Waals surface area (Å²) in [6.45, 7) is 3.69. The van der Waals surface area contributed by atoms with Gasteiger partial charge in [0.15, 0.2) is 5.06 Å². The second-order valence-corrected chi connectivity index (χ2v) is 8.56. The smallest absolute Gasteiger partial charge is 0.414 e. The minimum atomic E-state index is -1.04. The molecule has 0 unspecified atom stereocenters. The van der Waals surface area contributed by atoms with Crippen LogP contribution in [0.15, 0.2) is 16.9 Å². The fourth-order valence-electron chi connectivity index (χ4n) is 3.17. The van der Waals surface area contributed by atoms with Crippen LogP contribution in [0.2, 0.25) is 0 Å². The number of esters is 2. The van der Waals surface area contributed by atoms with Crippen molar-refractivity contribution < 1.29 is 28.6 Å². The summed E-state index contributed by atoms with van der Waals surface area (Å²) < 4.78 is 15.1. The highest BCUT2D eigenvalue weighted by Crippen LogP contribution is 2.26. The lowest BCUT2D eigenvalue weighted by Gasteiger charge is -2.16. The van der Waals surface area contributed by atoms with Crippen molar-refractivity contribution in [3.63, 3.8) is 0 Å². The van der Waals surface area contributed by atoms with Gasteiger partial charge in [-0.3, -0.25) is 14.6 Å². The number of unbranched alkanes of at least 4 members (excludes halogenated alkanes) is 1. The minimum absolute atomic E-state index is 0.0148. The molecule has 0 fully saturated rings. The van der Waals surface area contributed by atoms with Gasteiger partial charge in [0.2, 0.25) is 5.95 Å². The molecule has 0 radical (unpaired) electrons. The third-order valence-electron chi connectivity index (χ3n) is 4.80. The predicted molar refractivity (Wildman–Crippen MR) is 130 cm³/mol. The summed E-state index contributed by atoms with van der Waals surface area (Å²) >= 11 is 1.29. The van der Waals surface area contributed by atoms with Gasteiger partial charge >= 0.3 is 18.0 Å². The van der Waals surface area contributed by atoms with Crippen molar-refractivity contribution in [3.8, 4) is 5.06 Å². The SMILES string of the molecule is CCOC(=O)CC[C@H](NC(=O)Oc1ccc(CCCCc2c(N)nc(N)[nH]c2=O)s1)C(=O)OCC. The first kappa shape index (κ1) is 27.6. The number of ether oxygens (including phenoxy) is 3. The van der Waals surface area contributed by atoms with Gasteiger partial charge in [-0.25, -0.2) is 9.59 Å². The number of rotatable bonds is 13. The molecule has 0 aliphatic rings. The Bertz CT molecular complexity index is 1070. The summed E-state index contributed by atoms with van der Waals surface area (Å²) in [4.78, 5) is 55.2. The van der Waals surface area contributed by atoms with Crippen LogP contribution in [0, 0.1) is 0 Å². The van der Waals surface area contributed by atoms with E-state index >= 15 is 0 Å². The first-order valence-corrected chi connectivity index (χ1v) is 12.1. The highest BCUT2D eigenvalue weighted by Gasteiger charge is 2.24. The summed E-state index contributed by atoms with van der Waals surface area (Å²) in [7, 11) is 0. The van der Waals surface area contributed by atoms with Gasteiger partial charge in [0, 0.05) is 11.3 Å². The van der Waals surface area contributed by atoms with Gasteiger partial charge in [-0.2, -0.15) is 4.98 Å². The minimum Gasteiger partial charge on any atom is -0.466 e. The molecule has 0 saturated heterocycles. The van der Waals surface area contributed by atoms with Crippen LogP contribution in [-0.2, 0) is 31.9 Å². The number of nitrogens with two attached hydrogens (primary N) is 2. The first-order chi connectivity index (χ1) is 16.7. The van der Waals surface area contributed by atoms with Crippen LogP contribution in [0.4, 0.5) is 16.6 Å². The van der Waals surface area contributed by atoms with E-state index < -0.39 is 24.1 Å². The molecule has 2 heterocycles. The van der Waals surface area contributed by atoms with E-state index in [-0.39, 0.29) is 43.4 Å². The Morgan fingerprint density at radius 1 is 1.11 bits per heavy atom. The standard InChI is InChI=1S/C22H31N5O7S/c1-3-32-16(28)11-10-15(20(30)33-4-2)25-22(31)34-17-12-9-13(35-17)7-5-6-8-14-18(23)26-21(24)27-19(14)29/h9,12,15H,3-8,10-11H2,1-2H3,(H,25,31)(H5,23,24,26,27,29)/t15-/m0/s1. The van der Waals surface area contributed by atoms with Crippen LogP contribution in [0.3, 0.4) is 0 Å². The topological polar surface area (TPSA) is 189 Å². The van der Waals surface area contributed by atoms with Crippen LogP contribution in [0.25, 0.3) is 0 Å². The summed E-state index contributed by atoms with van der Waals surface area (Å²) in [5.74, 6) is -1.01. The normalized spacial score (nSPS) is 11.5. The lowest BCUT2D eigenvalue weighted by molar-refractivity contribution is -0.146. The van der Waals surface area contributed by atoms with Crippen LogP contribution >= 0.6 is 11.3 Å². The highest BCUT2D eigenvalue weighted by atomic mass is 32.1. The molecule has 13 heteroatoms. The van der Waals surface area contributed by atoms with Gasteiger partial charge in [0.1, 0.15) is 11.9 Å². The second-order valence-electron chi connectivity index (χ2n) is 7.42. The van der Waals surface area contributed by atoms with Crippen molar-refractivity contribution >= 4 is 41.1 Å². The molecule has 2 aromatic rings. The lowest BCUT2D eigenvalue weighted by atomic mass is 10.1. The molecule has 35 heavy (non-hydrogen) atoms. The molecule has 0 spiro atoms. The number of nitrogen functional groups attached to an aromatic ring is 2. The number of amides is 1. The van der Waals surface area contributed by atoms with Crippen molar-refractivity contribution in [3.05, 3.63) is 32.9 Å². The van der Waals surface area contributed by atoms with Gasteiger partial charge in [0.05, 0.1) is 18.8 Å². The molecule has 0 aromatic carbocycles. The summed E-state index contributed by atoms with van der Waals surface area (Å²) in [5, 5.41) is 2.80. The largest absolute Gasteiger partial charge is 0.466 e. The number of nitrogens with zero attached hydrogens (tertiary/aromatic N) is 1. The predicted octanol–water partition coefficient (Wildman–Crippen LogP) is 1.92. The van der Waals surface area contributed by atoms with E-state index in [1.165, 1.54) is 11.3 Å². The molecule has 192 valence electrons. The molecule has 2 rings (SSSR count). The molecule has 0 aliphatic heterocycles. The van der Waals surface area contributed by atoms with Crippen molar-refractivity contribution in [1.82, 2.24) is 15.3 Å². The van der Waals surface area contributed by atoms with E-state index in [1.807, 2.05) is 6.07 Å². The van der Waals surface area contributed by atoms with Crippen LogP contribution < -0.4 is 27.1 Å². The number of hydrogen-bond acceptors (Lipinski definition) is 11. The Balaban J connectivity index is 1.83. The number of aryl methyl sites for hydroxylation is 1. The second kappa shape index (κ2) is 13.9. The van der Waals surface area contributed by atoms with Crippen molar-refractivity contribution in [1.29, 1.82) is 0 Å². The fourth-order valence-corrected chi connectivity index (χ4v) is 4.07. The van der Waals surface area contributed by atoms with E-state index in [4.69, 9.17) is 25.7 Å². The first-order valence-electron chi connectivity index (χ1n) is 11.3. The monoisotopic (exact) mass is 509 g/mol. The van der Waals surface area contributed by atoms with Crippen LogP contribution in [-0.4, -0.2) is 47.3 Å². The number of hydrogen-bond donors (Lipinski definition) is 4. The third kappa shape index (κ3) is 9.27. The van der Waals surface area contributed by atoms with Gasteiger partial charge in [-0.1, -0.05) is 0 Å². The highest BCUT2D eigenvalue weighted by molar-refractivity contribution is 7.13. The fraction of sp³-hybridized carbons (Fsp3) is 0.500. The van der Waals surface area contributed by atoms with E-state index in [1.54, 1.807) is 19.9 Å². The zero-order valence-electron chi connectivity index (χ0n) is 19.8. The number of thiophene rings is 1. The molecule has 0 bridgehead atoms. The number of nitrogens with one attached hydrogen (secondary N) is 2. The Labute approximate surface area is 206 Å². The maximum Gasteiger partial charge on any atom is 0.414 e. The number of carbonyl (C=O) groups is 3. The zero-order chi connectivity index (χ0) is 25.8. The lowest BCUT2D eigenvalue weighted by Crippen LogP contribution is -2.43. The maximum atomic E-state index is 12.3. The molecule has 6 N–H and O–H groups in total. The number of carbonyl (C=O) groups excluding carboxylic acids is 3. The Kier molecular flexibility index (Phi) is 11.0. The number of aromatic amines is 1. The molecule has 0 saturated carbocycles. The van der Waals surface area contributed by atoms with Gasteiger partial charge in [-0.15, -0.1) is 11.3 Å². The molecular weight excluding hydrogens is 478 g/mol. The van der Waals surface area contributed by atoms with E-state index in [2.05, 4.69) is 15.3 Å². The Morgan fingerprint density at radius 3 is 2.51 bits per heavy atom. The molecule has 0 aliphatic carbocycles. The van der Waals surface area contributed by atoms with Crippen LogP contribution in [0.5, 0.6) is 5.06 Å². The van der Waals surface area contributed by atoms with Crippen molar-refractivity contribution in [2.45, 2.75) is 58.4 Å². The molecule has 1 atom stereocenters. The quantitative estimate of drug-likeness (QED) is 0.229. The van der Waals surface area contributed by atoms with E-state index in [0.29, 0.717) is 29.9 Å². The van der Waals surface area contributed by atoms with Crippen molar-refractivity contribution in [2.75, 3.05) is 24.7 Å². The molecule has 1 amide bonds. The zero-order valence-corrected chi connectivity index (χ0v) is 20.6. The van der Waals surface area contributed by atoms with E-state index in [9.17, 15) is 19.2 Å². The Hall–Kier alpha value is -3.61. The average Bonchev–Trinajstić information content (AvgIpc) is 3.22. The van der Waals surface area contributed by atoms with Gasteiger partial charge < -0.3 is 31.0 Å². The summed E-state index contributed by atoms with van der Waals surface area (Å²) in [6.07, 6.45) is 1.80. The molecule has 2 aromatic heterocycles. The van der Waals surface area contributed by atoms with Crippen molar-refractivity contribution in [2.24, 2.45) is 0 Å². The molecule has 12 nitrogen and oxygen atoms in total. The van der Waals surface area contributed by atoms with Gasteiger partial charge in [-0.05, 0) is 58.1 Å². The van der Waals surface area contributed by atoms with Crippen LogP contribution in [0.1, 0.15) is 50.0 Å². The van der Waals surface area contributed by atoms with Gasteiger partial charge in [0.25, 0.3) is 5.56 Å². The third-order valence-corrected chi connectivity index (χ3v) is 5.82. The summed E-state index contributed by atoms with van der Waals surface area (Å²) in [6, 6.07) is 2.46. The average molecular weight is 510 g/mol.